The van der Waals surface area contributed by atoms with E-state index in [1.807, 2.05) is 16.9 Å². The van der Waals surface area contributed by atoms with Crippen molar-refractivity contribution in [2.75, 3.05) is 11.5 Å². The molecule has 1 saturated heterocycles. The molecule has 0 aromatic carbocycles. The average molecular weight is 257 g/mol. The van der Waals surface area contributed by atoms with Crippen LogP contribution in [0.2, 0.25) is 0 Å². The molecule has 1 fully saturated rings. The van der Waals surface area contributed by atoms with Gasteiger partial charge in [-0.05, 0) is 26.3 Å². The molecule has 1 aromatic rings. The van der Waals surface area contributed by atoms with Crippen LogP contribution in [-0.4, -0.2) is 35.7 Å². The van der Waals surface area contributed by atoms with Gasteiger partial charge in [0.1, 0.15) is 0 Å². The molecule has 1 aromatic heterocycles. The number of rotatable bonds is 4. The molecule has 0 bridgehead atoms. The van der Waals surface area contributed by atoms with Gasteiger partial charge in [0, 0.05) is 24.8 Å². The molecule has 6 heteroatoms. The minimum Gasteiger partial charge on any atom is -0.307 e. The zero-order chi connectivity index (χ0) is 12.5. The number of nitrogens with one attached hydrogen (secondary N) is 1. The van der Waals surface area contributed by atoms with Crippen molar-refractivity contribution < 1.29 is 8.42 Å². The molecule has 17 heavy (non-hydrogen) atoms. The molecule has 0 saturated carbocycles. The molecular formula is C11H19N3O2S. The van der Waals surface area contributed by atoms with Crippen LogP contribution >= 0.6 is 0 Å². The number of nitrogens with zero attached hydrogens (tertiary/aromatic N) is 2. The second kappa shape index (κ2) is 4.78. The average Bonchev–Trinajstić information content (AvgIpc) is 2.81. The highest BCUT2D eigenvalue weighted by molar-refractivity contribution is 7.91. The van der Waals surface area contributed by atoms with E-state index in [1.165, 1.54) is 0 Å². The minimum absolute atomic E-state index is 0.0872. The van der Waals surface area contributed by atoms with Crippen LogP contribution in [0.15, 0.2) is 12.3 Å². The molecule has 1 N–H and O–H groups in total. The SMILES string of the molecule is CC(C)n1ccc(CNC2CCS(=O)(=O)C2)n1. The zero-order valence-corrected chi connectivity index (χ0v) is 11.1. The lowest BCUT2D eigenvalue weighted by atomic mass is 10.2. The van der Waals surface area contributed by atoms with Gasteiger partial charge in [-0.15, -0.1) is 0 Å². The molecule has 2 rings (SSSR count). The van der Waals surface area contributed by atoms with Gasteiger partial charge in [-0.1, -0.05) is 0 Å². The minimum atomic E-state index is -2.80. The van der Waals surface area contributed by atoms with E-state index in [9.17, 15) is 8.42 Å². The molecule has 0 aliphatic carbocycles. The summed E-state index contributed by atoms with van der Waals surface area (Å²) < 4.78 is 24.5. The predicted octanol–water partition coefficient (Wildman–Crippen LogP) is 0.741. The highest BCUT2D eigenvalue weighted by Gasteiger charge is 2.27. The second-order valence-corrected chi connectivity index (χ2v) is 7.09. The Hall–Kier alpha value is -0.880. The lowest BCUT2D eigenvalue weighted by Crippen LogP contribution is -2.29. The molecule has 96 valence electrons. The summed E-state index contributed by atoms with van der Waals surface area (Å²) >= 11 is 0. The highest BCUT2D eigenvalue weighted by atomic mass is 32.2. The third-order valence-corrected chi connectivity index (χ3v) is 4.76. The summed E-state index contributed by atoms with van der Waals surface area (Å²) in [6, 6.07) is 2.41. The molecule has 5 nitrogen and oxygen atoms in total. The lowest BCUT2D eigenvalue weighted by Gasteiger charge is -2.09. The Morgan fingerprint density at radius 2 is 2.35 bits per heavy atom. The van der Waals surface area contributed by atoms with Gasteiger partial charge in [0.05, 0.1) is 17.2 Å². The molecule has 1 aliphatic heterocycles. The van der Waals surface area contributed by atoms with E-state index in [4.69, 9.17) is 0 Å². The topological polar surface area (TPSA) is 64.0 Å². The summed E-state index contributed by atoms with van der Waals surface area (Å²) in [4.78, 5) is 0. The van der Waals surface area contributed by atoms with Crippen LogP contribution in [0.25, 0.3) is 0 Å². The Bertz CT molecular complexity index is 479. The van der Waals surface area contributed by atoms with E-state index in [1.54, 1.807) is 0 Å². The van der Waals surface area contributed by atoms with Gasteiger partial charge in [-0.3, -0.25) is 4.68 Å². The van der Waals surface area contributed by atoms with Crippen LogP contribution in [0.1, 0.15) is 32.0 Å². The maximum absolute atomic E-state index is 11.3. The van der Waals surface area contributed by atoms with Crippen LogP contribution in [0.3, 0.4) is 0 Å². The van der Waals surface area contributed by atoms with E-state index < -0.39 is 9.84 Å². The molecule has 1 aliphatic rings. The monoisotopic (exact) mass is 257 g/mol. The van der Waals surface area contributed by atoms with Crippen LogP contribution in [0.4, 0.5) is 0 Å². The molecule has 0 radical (unpaired) electrons. The van der Waals surface area contributed by atoms with Gasteiger partial charge >= 0.3 is 0 Å². The highest BCUT2D eigenvalue weighted by Crippen LogP contribution is 2.12. The van der Waals surface area contributed by atoms with Crippen molar-refractivity contribution in [1.82, 2.24) is 15.1 Å². The maximum atomic E-state index is 11.3. The van der Waals surface area contributed by atoms with Crippen molar-refractivity contribution in [3.8, 4) is 0 Å². The first-order valence-corrected chi connectivity index (χ1v) is 7.76. The Morgan fingerprint density at radius 3 is 2.88 bits per heavy atom. The van der Waals surface area contributed by atoms with E-state index in [2.05, 4.69) is 24.3 Å². The molecule has 1 unspecified atom stereocenters. The molecule has 0 spiro atoms. The Morgan fingerprint density at radius 1 is 1.59 bits per heavy atom. The van der Waals surface area contributed by atoms with Gasteiger partial charge in [0.15, 0.2) is 9.84 Å². The largest absolute Gasteiger partial charge is 0.307 e. The quantitative estimate of drug-likeness (QED) is 0.864. The van der Waals surface area contributed by atoms with Gasteiger partial charge in [-0.25, -0.2) is 8.42 Å². The fourth-order valence-corrected chi connectivity index (χ4v) is 3.67. The number of aromatic nitrogens is 2. The first-order valence-electron chi connectivity index (χ1n) is 5.94. The van der Waals surface area contributed by atoms with Crippen molar-refractivity contribution in [3.05, 3.63) is 18.0 Å². The summed E-state index contributed by atoms with van der Waals surface area (Å²) in [5, 5.41) is 7.66. The second-order valence-electron chi connectivity index (χ2n) is 4.86. The molecule has 1 atom stereocenters. The Labute approximate surface area is 102 Å². The molecule has 2 heterocycles. The van der Waals surface area contributed by atoms with Crippen LogP contribution in [-0.2, 0) is 16.4 Å². The van der Waals surface area contributed by atoms with Crippen molar-refractivity contribution in [3.63, 3.8) is 0 Å². The van der Waals surface area contributed by atoms with Crippen molar-refractivity contribution in [2.45, 2.75) is 38.9 Å². The van der Waals surface area contributed by atoms with E-state index in [0.29, 0.717) is 24.8 Å². The first-order chi connectivity index (χ1) is 7.96. The fraction of sp³-hybridized carbons (Fsp3) is 0.727. The number of hydrogen-bond donors (Lipinski definition) is 1. The van der Waals surface area contributed by atoms with Crippen molar-refractivity contribution in [2.24, 2.45) is 0 Å². The predicted molar refractivity (Wildman–Crippen MR) is 66.5 cm³/mol. The number of hydrogen-bond acceptors (Lipinski definition) is 4. The van der Waals surface area contributed by atoms with E-state index in [0.717, 1.165) is 5.69 Å². The van der Waals surface area contributed by atoms with Gasteiger partial charge in [0.25, 0.3) is 0 Å². The standard InChI is InChI=1S/C11H19N3O2S/c1-9(2)14-5-3-10(13-14)7-12-11-4-6-17(15,16)8-11/h3,5,9,11-12H,4,6-8H2,1-2H3. The van der Waals surface area contributed by atoms with Crippen LogP contribution in [0, 0.1) is 0 Å². The van der Waals surface area contributed by atoms with Gasteiger partial charge in [0.2, 0.25) is 0 Å². The maximum Gasteiger partial charge on any atom is 0.151 e. The lowest BCUT2D eigenvalue weighted by molar-refractivity contribution is 0.508. The summed E-state index contributed by atoms with van der Waals surface area (Å²) in [7, 11) is -2.80. The zero-order valence-electron chi connectivity index (χ0n) is 10.3. The first kappa shape index (κ1) is 12.6. The van der Waals surface area contributed by atoms with Crippen molar-refractivity contribution in [1.29, 1.82) is 0 Å². The molecular weight excluding hydrogens is 238 g/mol. The molecule has 0 amide bonds. The van der Waals surface area contributed by atoms with Crippen LogP contribution < -0.4 is 5.32 Å². The summed E-state index contributed by atoms with van der Waals surface area (Å²) in [6.45, 7) is 4.79. The summed E-state index contributed by atoms with van der Waals surface area (Å²) in [5.41, 5.74) is 0.961. The van der Waals surface area contributed by atoms with Crippen molar-refractivity contribution >= 4 is 9.84 Å². The summed E-state index contributed by atoms with van der Waals surface area (Å²) in [6.07, 6.45) is 2.67. The fourth-order valence-electron chi connectivity index (χ4n) is 1.96. The van der Waals surface area contributed by atoms with E-state index in [-0.39, 0.29) is 11.8 Å². The van der Waals surface area contributed by atoms with Gasteiger partial charge < -0.3 is 5.32 Å². The van der Waals surface area contributed by atoms with E-state index >= 15 is 0 Å². The number of sulfone groups is 1. The Kier molecular flexibility index (Phi) is 3.53. The summed E-state index contributed by atoms with van der Waals surface area (Å²) in [5.74, 6) is 0.572. The van der Waals surface area contributed by atoms with Gasteiger partial charge in [-0.2, -0.15) is 5.10 Å². The Balaban J connectivity index is 1.86. The van der Waals surface area contributed by atoms with Crippen LogP contribution in [0.5, 0.6) is 0 Å². The normalized spacial score (nSPS) is 23.4. The third kappa shape index (κ3) is 3.29. The smallest absolute Gasteiger partial charge is 0.151 e. The third-order valence-electron chi connectivity index (χ3n) is 3.00.